The van der Waals surface area contributed by atoms with Gasteiger partial charge in [0.05, 0.1) is 0 Å². The molecule has 0 radical (unpaired) electrons. The maximum absolute atomic E-state index is 2.42. The quantitative estimate of drug-likeness (QED) is 0.599. The van der Waals surface area contributed by atoms with E-state index < -0.39 is 0 Å². The summed E-state index contributed by atoms with van der Waals surface area (Å²) < 4.78 is 0. The van der Waals surface area contributed by atoms with Crippen LogP contribution in [-0.2, 0) is 12.8 Å². The Morgan fingerprint density at radius 1 is 0.833 bits per heavy atom. The van der Waals surface area contributed by atoms with Gasteiger partial charge in [0.15, 0.2) is 0 Å². The lowest BCUT2D eigenvalue weighted by Gasteiger charge is -2.27. The largest absolute Gasteiger partial charge is 0.0683 e. The van der Waals surface area contributed by atoms with Crippen LogP contribution in [0.15, 0.2) is 18.2 Å². The average Bonchev–Trinajstić information content (AvgIpc) is 2.50. The molecule has 0 atom stereocenters. The van der Waals surface area contributed by atoms with Gasteiger partial charge in [-0.15, -0.1) is 0 Å². The van der Waals surface area contributed by atoms with Gasteiger partial charge in [-0.05, 0) is 61.1 Å². The van der Waals surface area contributed by atoms with Crippen LogP contribution in [-0.4, -0.2) is 0 Å². The summed E-state index contributed by atoms with van der Waals surface area (Å²) in [5.41, 5.74) is 5.12. The Bertz CT molecular complexity index is 358. The first-order valence-electron chi connectivity index (χ1n) is 8.06. The Morgan fingerprint density at radius 2 is 1.56 bits per heavy atom. The highest BCUT2D eigenvalue weighted by Gasteiger charge is 2.20. The van der Waals surface area contributed by atoms with Gasteiger partial charge in [-0.2, -0.15) is 0 Å². The van der Waals surface area contributed by atoms with Crippen LogP contribution in [0.5, 0.6) is 0 Å². The van der Waals surface area contributed by atoms with Crippen molar-refractivity contribution in [1.29, 1.82) is 0 Å². The highest BCUT2D eigenvalue weighted by molar-refractivity contribution is 5.39. The molecule has 1 aromatic carbocycles. The molecule has 2 aliphatic rings. The van der Waals surface area contributed by atoms with E-state index in [0.29, 0.717) is 0 Å². The van der Waals surface area contributed by atoms with Gasteiger partial charge in [-0.25, -0.2) is 0 Å². The molecule has 0 amide bonds. The zero-order valence-corrected chi connectivity index (χ0v) is 12.2. The van der Waals surface area contributed by atoms with E-state index in [4.69, 9.17) is 0 Å². The fraction of sp³-hybridized carbons (Fsp3) is 0.667. The van der Waals surface area contributed by atoms with Gasteiger partial charge in [0, 0.05) is 0 Å². The second kappa shape index (κ2) is 6.97. The maximum Gasteiger partial charge on any atom is -0.0159 e. The van der Waals surface area contributed by atoms with Crippen molar-refractivity contribution in [3.63, 3.8) is 0 Å². The molecule has 0 heteroatoms. The van der Waals surface area contributed by atoms with Crippen molar-refractivity contribution >= 4 is 0 Å². The van der Waals surface area contributed by atoms with Crippen molar-refractivity contribution in [2.45, 2.75) is 77.6 Å². The average molecular weight is 244 g/mol. The zero-order chi connectivity index (χ0) is 12.8. The van der Waals surface area contributed by atoms with Gasteiger partial charge in [0.1, 0.15) is 0 Å². The second-order valence-electron chi connectivity index (χ2n) is 5.53. The molecular formula is C18H28. The first-order chi connectivity index (χ1) is 8.95. The van der Waals surface area contributed by atoms with Crippen LogP contribution in [0, 0.1) is 0 Å². The van der Waals surface area contributed by atoms with E-state index in [9.17, 15) is 0 Å². The Hall–Kier alpha value is -0.780. The molecule has 0 nitrogen and oxygen atoms in total. The highest BCUT2D eigenvalue weighted by Crippen LogP contribution is 2.37. The van der Waals surface area contributed by atoms with E-state index in [1.54, 1.807) is 16.7 Å². The van der Waals surface area contributed by atoms with Crippen molar-refractivity contribution in [2.75, 3.05) is 0 Å². The molecule has 0 saturated heterocycles. The lowest BCUT2D eigenvalue weighted by atomic mass is 9.78. The minimum absolute atomic E-state index is 0.891. The molecule has 1 fully saturated rings. The van der Waals surface area contributed by atoms with Crippen molar-refractivity contribution in [3.8, 4) is 0 Å². The number of aryl methyl sites for hydroxylation is 1. The molecule has 0 N–H and O–H groups in total. The number of rotatable bonds is 1. The molecule has 0 unspecified atom stereocenters. The fourth-order valence-electron chi connectivity index (χ4n) is 3.61. The summed E-state index contributed by atoms with van der Waals surface area (Å²) in [5.74, 6) is 0.891. The summed E-state index contributed by atoms with van der Waals surface area (Å²) in [7, 11) is 0. The minimum Gasteiger partial charge on any atom is -0.0683 e. The molecule has 2 aliphatic carbocycles. The maximum atomic E-state index is 2.42. The molecule has 1 saturated carbocycles. The molecular weight excluding hydrogens is 216 g/mol. The Balaban J connectivity index is 0.000000574. The third-order valence-corrected chi connectivity index (χ3v) is 4.48. The van der Waals surface area contributed by atoms with Gasteiger partial charge in [0.25, 0.3) is 0 Å². The molecule has 0 spiro atoms. The van der Waals surface area contributed by atoms with E-state index in [0.717, 1.165) is 5.92 Å². The van der Waals surface area contributed by atoms with Gasteiger partial charge < -0.3 is 0 Å². The van der Waals surface area contributed by atoms with E-state index in [1.165, 1.54) is 57.8 Å². The number of benzene rings is 1. The Morgan fingerprint density at radius 3 is 2.33 bits per heavy atom. The predicted octanol–water partition coefficient (Wildman–Crippen LogP) is 5.64. The van der Waals surface area contributed by atoms with Crippen LogP contribution in [0.3, 0.4) is 0 Å². The Labute approximate surface area is 113 Å². The first kappa shape index (κ1) is 13.6. The van der Waals surface area contributed by atoms with Crippen molar-refractivity contribution < 1.29 is 0 Å². The Kier molecular flexibility index (Phi) is 5.28. The third-order valence-electron chi connectivity index (χ3n) is 4.48. The third kappa shape index (κ3) is 2.96. The van der Waals surface area contributed by atoms with E-state index in [-0.39, 0.29) is 0 Å². The van der Waals surface area contributed by atoms with Gasteiger partial charge in [-0.1, -0.05) is 51.3 Å². The fourth-order valence-corrected chi connectivity index (χ4v) is 3.61. The lowest BCUT2D eigenvalue weighted by molar-refractivity contribution is 0.440. The molecule has 1 aromatic rings. The van der Waals surface area contributed by atoms with Crippen LogP contribution in [0.25, 0.3) is 0 Å². The zero-order valence-electron chi connectivity index (χ0n) is 12.2. The van der Waals surface area contributed by atoms with Gasteiger partial charge >= 0.3 is 0 Å². The molecule has 0 aliphatic heterocycles. The van der Waals surface area contributed by atoms with Crippen LogP contribution >= 0.6 is 0 Å². The van der Waals surface area contributed by atoms with Crippen LogP contribution in [0.4, 0.5) is 0 Å². The number of hydrogen-bond acceptors (Lipinski definition) is 0. The molecule has 0 bridgehead atoms. The standard InChI is InChI=1S/C16H22.C2H6/c1-2-7-13(8-3-1)16-12-6-10-14-9-4-5-11-15(14)16;1-2/h6,10,12-13H,1-5,7-9,11H2;1-2H3. The molecule has 0 heterocycles. The second-order valence-corrected chi connectivity index (χ2v) is 5.53. The summed E-state index contributed by atoms with van der Waals surface area (Å²) in [5, 5.41) is 0. The summed E-state index contributed by atoms with van der Waals surface area (Å²) in [6.07, 6.45) is 12.7. The number of fused-ring (bicyclic) bond motifs is 1. The van der Waals surface area contributed by atoms with Gasteiger partial charge in [-0.3, -0.25) is 0 Å². The minimum atomic E-state index is 0.891. The topological polar surface area (TPSA) is 0 Å². The summed E-state index contributed by atoms with van der Waals surface area (Å²) in [6.45, 7) is 4.00. The van der Waals surface area contributed by atoms with E-state index in [1.807, 2.05) is 13.8 Å². The smallest absolute Gasteiger partial charge is 0.0159 e. The SMILES string of the molecule is CC.c1cc2c(c(C3CCCCC3)c1)CCCC2. The van der Waals surface area contributed by atoms with Crippen molar-refractivity contribution in [2.24, 2.45) is 0 Å². The molecule has 3 rings (SSSR count). The van der Waals surface area contributed by atoms with Crippen LogP contribution in [0.2, 0.25) is 0 Å². The number of hydrogen-bond donors (Lipinski definition) is 0. The van der Waals surface area contributed by atoms with E-state index >= 15 is 0 Å². The summed E-state index contributed by atoms with van der Waals surface area (Å²) >= 11 is 0. The van der Waals surface area contributed by atoms with Crippen LogP contribution in [0.1, 0.15) is 81.4 Å². The first-order valence-corrected chi connectivity index (χ1v) is 8.06. The predicted molar refractivity (Wildman–Crippen MR) is 80.3 cm³/mol. The monoisotopic (exact) mass is 244 g/mol. The van der Waals surface area contributed by atoms with Crippen molar-refractivity contribution in [1.82, 2.24) is 0 Å². The van der Waals surface area contributed by atoms with Crippen LogP contribution < -0.4 is 0 Å². The normalized spacial score (nSPS) is 19.7. The van der Waals surface area contributed by atoms with Gasteiger partial charge in [0.2, 0.25) is 0 Å². The van der Waals surface area contributed by atoms with E-state index in [2.05, 4.69) is 18.2 Å². The molecule has 0 aromatic heterocycles. The molecule has 18 heavy (non-hydrogen) atoms. The highest BCUT2D eigenvalue weighted by atomic mass is 14.3. The summed E-state index contributed by atoms with van der Waals surface area (Å²) in [4.78, 5) is 0. The summed E-state index contributed by atoms with van der Waals surface area (Å²) in [6, 6.07) is 7.08. The van der Waals surface area contributed by atoms with Crippen molar-refractivity contribution in [3.05, 3.63) is 34.9 Å². The molecule has 100 valence electrons. The lowest BCUT2D eigenvalue weighted by Crippen LogP contribution is -2.11.